The zero-order chi connectivity index (χ0) is 15.6. The van der Waals surface area contributed by atoms with Gasteiger partial charge in [0.1, 0.15) is 11.4 Å². The summed E-state index contributed by atoms with van der Waals surface area (Å²) in [4.78, 5) is 0. The molecule has 2 N–H and O–H groups in total. The highest BCUT2D eigenvalue weighted by Gasteiger charge is 2.13. The fourth-order valence-electron chi connectivity index (χ4n) is 2.41. The number of aromatic nitrogens is 2. The molecule has 21 heavy (non-hydrogen) atoms. The van der Waals surface area contributed by atoms with E-state index in [1.807, 2.05) is 31.6 Å². The minimum absolute atomic E-state index is 0.221. The highest BCUT2D eigenvalue weighted by molar-refractivity contribution is 5.42. The first kappa shape index (κ1) is 15.6. The molecule has 0 saturated heterocycles. The van der Waals surface area contributed by atoms with Crippen molar-refractivity contribution in [2.24, 2.45) is 12.8 Å². The van der Waals surface area contributed by atoms with E-state index in [9.17, 15) is 0 Å². The SMILES string of the molecule is CCC(N)Cc1ccc(Oc2c(C)nn(C)c2C)c(C)c1. The molecule has 4 heteroatoms. The second kappa shape index (κ2) is 6.31. The van der Waals surface area contributed by atoms with Crippen LogP contribution in [0.15, 0.2) is 18.2 Å². The van der Waals surface area contributed by atoms with Crippen molar-refractivity contribution in [1.82, 2.24) is 9.78 Å². The van der Waals surface area contributed by atoms with E-state index in [2.05, 4.69) is 31.1 Å². The Morgan fingerprint density at radius 2 is 2.00 bits per heavy atom. The third-order valence-corrected chi connectivity index (χ3v) is 3.92. The lowest BCUT2D eigenvalue weighted by atomic mass is 10.0. The van der Waals surface area contributed by atoms with E-state index in [1.54, 1.807) is 0 Å². The molecule has 0 amide bonds. The van der Waals surface area contributed by atoms with E-state index >= 15 is 0 Å². The van der Waals surface area contributed by atoms with Gasteiger partial charge in [0.2, 0.25) is 0 Å². The van der Waals surface area contributed by atoms with Crippen molar-refractivity contribution >= 4 is 0 Å². The maximum atomic E-state index is 6.06. The van der Waals surface area contributed by atoms with Crippen LogP contribution in [0.4, 0.5) is 0 Å². The normalized spacial score (nSPS) is 12.5. The Hall–Kier alpha value is -1.81. The summed E-state index contributed by atoms with van der Waals surface area (Å²) in [5.41, 5.74) is 10.3. The molecule has 0 fully saturated rings. The highest BCUT2D eigenvalue weighted by Crippen LogP contribution is 2.30. The van der Waals surface area contributed by atoms with Gasteiger partial charge in [-0.1, -0.05) is 19.1 Å². The highest BCUT2D eigenvalue weighted by atomic mass is 16.5. The third-order valence-electron chi connectivity index (χ3n) is 3.92. The van der Waals surface area contributed by atoms with Crippen LogP contribution >= 0.6 is 0 Å². The molecule has 1 heterocycles. The summed E-state index contributed by atoms with van der Waals surface area (Å²) in [5, 5.41) is 4.38. The molecule has 0 radical (unpaired) electrons. The quantitative estimate of drug-likeness (QED) is 0.916. The zero-order valence-electron chi connectivity index (χ0n) is 13.6. The third kappa shape index (κ3) is 3.45. The van der Waals surface area contributed by atoms with Crippen LogP contribution in [-0.2, 0) is 13.5 Å². The summed E-state index contributed by atoms with van der Waals surface area (Å²) in [6.07, 6.45) is 1.90. The van der Waals surface area contributed by atoms with Gasteiger partial charge in [-0.15, -0.1) is 0 Å². The lowest BCUT2D eigenvalue weighted by Crippen LogP contribution is -2.21. The number of hydrogen-bond acceptors (Lipinski definition) is 3. The second-order valence-electron chi connectivity index (χ2n) is 5.70. The van der Waals surface area contributed by atoms with Crippen LogP contribution in [0, 0.1) is 20.8 Å². The smallest absolute Gasteiger partial charge is 0.171 e. The first-order chi connectivity index (χ1) is 9.92. The molecular weight excluding hydrogens is 262 g/mol. The molecule has 0 saturated carbocycles. The fraction of sp³-hybridized carbons (Fsp3) is 0.471. The Morgan fingerprint density at radius 3 is 2.52 bits per heavy atom. The van der Waals surface area contributed by atoms with Crippen LogP contribution in [0.25, 0.3) is 0 Å². The largest absolute Gasteiger partial charge is 0.453 e. The van der Waals surface area contributed by atoms with Gasteiger partial charge in [0.05, 0.1) is 5.69 Å². The van der Waals surface area contributed by atoms with E-state index < -0.39 is 0 Å². The van der Waals surface area contributed by atoms with Crippen LogP contribution in [-0.4, -0.2) is 15.8 Å². The van der Waals surface area contributed by atoms with Crippen LogP contribution in [0.3, 0.4) is 0 Å². The molecule has 0 spiro atoms. The van der Waals surface area contributed by atoms with Crippen LogP contribution in [0.2, 0.25) is 0 Å². The van der Waals surface area contributed by atoms with Gasteiger partial charge in [-0.2, -0.15) is 5.10 Å². The van der Waals surface area contributed by atoms with Crippen molar-refractivity contribution in [3.63, 3.8) is 0 Å². The molecule has 1 aromatic heterocycles. The predicted octanol–water partition coefficient (Wildman–Crippen LogP) is 3.42. The summed E-state index contributed by atoms with van der Waals surface area (Å²) in [6, 6.07) is 6.50. The topological polar surface area (TPSA) is 53.1 Å². The summed E-state index contributed by atoms with van der Waals surface area (Å²) >= 11 is 0. The first-order valence-corrected chi connectivity index (χ1v) is 7.45. The number of rotatable bonds is 5. The molecule has 0 aliphatic carbocycles. The Balaban J connectivity index is 2.21. The van der Waals surface area contributed by atoms with Gasteiger partial charge in [-0.25, -0.2) is 0 Å². The molecule has 2 aromatic rings. The zero-order valence-corrected chi connectivity index (χ0v) is 13.6. The number of benzene rings is 1. The van der Waals surface area contributed by atoms with Crippen molar-refractivity contribution in [1.29, 1.82) is 0 Å². The maximum absolute atomic E-state index is 6.06. The Bertz CT molecular complexity index is 631. The average Bonchev–Trinajstić information content (AvgIpc) is 2.67. The number of nitrogens with zero attached hydrogens (tertiary/aromatic N) is 2. The minimum Gasteiger partial charge on any atom is -0.453 e. The lowest BCUT2D eigenvalue weighted by Gasteiger charge is -2.13. The van der Waals surface area contributed by atoms with E-state index in [-0.39, 0.29) is 6.04 Å². The van der Waals surface area contributed by atoms with E-state index in [1.165, 1.54) is 5.56 Å². The summed E-state index contributed by atoms with van der Waals surface area (Å²) in [6.45, 7) is 8.16. The monoisotopic (exact) mass is 287 g/mol. The van der Waals surface area contributed by atoms with Crippen molar-refractivity contribution in [2.45, 2.75) is 46.6 Å². The number of aryl methyl sites for hydroxylation is 3. The minimum atomic E-state index is 0.221. The maximum Gasteiger partial charge on any atom is 0.171 e. The van der Waals surface area contributed by atoms with Crippen molar-refractivity contribution in [3.05, 3.63) is 40.7 Å². The molecular formula is C17H25N3O. The second-order valence-corrected chi connectivity index (χ2v) is 5.70. The van der Waals surface area contributed by atoms with Gasteiger partial charge in [0.25, 0.3) is 0 Å². The first-order valence-electron chi connectivity index (χ1n) is 7.45. The van der Waals surface area contributed by atoms with Gasteiger partial charge in [-0.05, 0) is 50.8 Å². The lowest BCUT2D eigenvalue weighted by molar-refractivity contribution is 0.470. The van der Waals surface area contributed by atoms with Crippen molar-refractivity contribution in [3.8, 4) is 11.5 Å². The number of ether oxygens (including phenoxy) is 1. The standard InChI is InChI=1S/C17H25N3O/c1-6-15(18)10-14-7-8-16(11(2)9-14)21-17-12(3)19-20(5)13(17)4/h7-9,15H,6,10,18H2,1-5H3. The van der Waals surface area contributed by atoms with E-state index in [0.717, 1.165) is 41.3 Å². The van der Waals surface area contributed by atoms with Crippen LogP contribution in [0.5, 0.6) is 11.5 Å². The van der Waals surface area contributed by atoms with Gasteiger partial charge >= 0.3 is 0 Å². The fourth-order valence-corrected chi connectivity index (χ4v) is 2.41. The summed E-state index contributed by atoms with van der Waals surface area (Å²) < 4.78 is 7.91. The molecule has 0 aliphatic rings. The van der Waals surface area contributed by atoms with Crippen molar-refractivity contribution in [2.75, 3.05) is 0 Å². The van der Waals surface area contributed by atoms with E-state index in [0.29, 0.717) is 0 Å². The number of hydrogen-bond donors (Lipinski definition) is 1. The molecule has 0 aliphatic heterocycles. The van der Waals surface area contributed by atoms with Gasteiger partial charge in [0, 0.05) is 13.1 Å². The molecule has 2 rings (SSSR count). The van der Waals surface area contributed by atoms with Crippen LogP contribution in [0.1, 0.15) is 35.9 Å². The molecule has 0 bridgehead atoms. The van der Waals surface area contributed by atoms with Crippen molar-refractivity contribution < 1.29 is 4.74 Å². The Labute approximate surface area is 126 Å². The Morgan fingerprint density at radius 1 is 1.29 bits per heavy atom. The molecule has 1 aromatic carbocycles. The van der Waals surface area contributed by atoms with Gasteiger partial charge in [-0.3, -0.25) is 4.68 Å². The summed E-state index contributed by atoms with van der Waals surface area (Å²) in [5.74, 6) is 1.72. The summed E-state index contributed by atoms with van der Waals surface area (Å²) in [7, 11) is 1.93. The van der Waals surface area contributed by atoms with Gasteiger partial charge < -0.3 is 10.5 Å². The molecule has 1 atom stereocenters. The van der Waals surface area contributed by atoms with Crippen LogP contribution < -0.4 is 10.5 Å². The van der Waals surface area contributed by atoms with Gasteiger partial charge in [0.15, 0.2) is 5.75 Å². The average molecular weight is 287 g/mol. The Kier molecular flexibility index (Phi) is 4.68. The molecule has 114 valence electrons. The molecule has 1 unspecified atom stereocenters. The predicted molar refractivity (Wildman–Crippen MR) is 85.9 cm³/mol. The van der Waals surface area contributed by atoms with E-state index in [4.69, 9.17) is 10.5 Å². The molecule has 4 nitrogen and oxygen atoms in total. The number of nitrogens with two attached hydrogens (primary N) is 1.